The molecule has 29 heavy (non-hydrogen) atoms. The minimum absolute atomic E-state index is 0.110. The first-order chi connectivity index (χ1) is 14.0. The Morgan fingerprint density at radius 3 is 2.14 bits per heavy atom. The molecule has 1 amide bonds. The molecule has 146 valence electrons. The summed E-state index contributed by atoms with van der Waals surface area (Å²) in [5.41, 5.74) is 5.31. The molecule has 0 bridgehead atoms. The van der Waals surface area contributed by atoms with Gasteiger partial charge in [0.25, 0.3) is 0 Å². The lowest BCUT2D eigenvalue weighted by molar-refractivity contribution is -0.122. The second-order valence-electron chi connectivity index (χ2n) is 7.03. The maximum absolute atomic E-state index is 12.9. The van der Waals surface area contributed by atoms with Crippen molar-refractivity contribution in [1.29, 1.82) is 0 Å². The minimum atomic E-state index is -0.398. The number of amides is 1. The van der Waals surface area contributed by atoms with Gasteiger partial charge in [0.1, 0.15) is 0 Å². The van der Waals surface area contributed by atoms with Crippen LogP contribution in [0.2, 0.25) is 10.0 Å². The molecule has 1 saturated carbocycles. The molecule has 1 aliphatic carbocycles. The molecule has 0 heterocycles. The second-order valence-corrected chi connectivity index (χ2v) is 8.82. The first-order valence-corrected chi connectivity index (χ1v) is 10.6. The lowest BCUT2D eigenvalue weighted by Crippen LogP contribution is -2.25. The van der Waals surface area contributed by atoms with Gasteiger partial charge < -0.3 is 0 Å². The van der Waals surface area contributed by atoms with Crippen molar-refractivity contribution in [2.45, 2.75) is 11.8 Å². The fourth-order valence-corrected chi connectivity index (χ4v) is 4.38. The Kier molecular flexibility index (Phi) is 5.77. The number of halogens is 3. The van der Waals surface area contributed by atoms with Gasteiger partial charge in [0.15, 0.2) is 0 Å². The number of benzene rings is 3. The zero-order valence-corrected chi connectivity index (χ0v) is 18.4. The van der Waals surface area contributed by atoms with Crippen molar-refractivity contribution in [2.24, 2.45) is 11.0 Å². The number of nitrogens with zero attached hydrogens (tertiary/aromatic N) is 1. The summed E-state index contributed by atoms with van der Waals surface area (Å²) in [5.74, 6) is -0.328. The second kappa shape index (κ2) is 8.31. The van der Waals surface area contributed by atoms with E-state index in [2.05, 4.69) is 26.5 Å². The molecule has 4 rings (SSSR count). The van der Waals surface area contributed by atoms with Crippen LogP contribution in [0.15, 0.2) is 82.4 Å². The predicted octanol–water partition coefficient (Wildman–Crippen LogP) is 6.21. The summed E-state index contributed by atoms with van der Waals surface area (Å²) in [4.78, 5) is 12.9. The van der Waals surface area contributed by atoms with Gasteiger partial charge in [-0.15, -0.1) is 0 Å². The standard InChI is InChI=1S/C23H17BrCl2N2O/c24-18-3-1-2-15(12-18)14-27-28-22(29)21-13-23(21,16-4-8-19(25)9-5-16)17-6-10-20(26)11-7-17/h1-12,14,21H,13H2,(H,28,29). The van der Waals surface area contributed by atoms with E-state index in [0.717, 1.165) is 21.2 Å². The molecule has 1 fully saturated rings. The third kappa shape index (κ3) is 4.25. The Hall–Kier alpha value is -2.14. The molecular weight excluding hydrogens is 471 g/mol. The van der Waals surface area contributed by atoms with Crippen LogP contribution in [0.25, 0.3) is 0 Å². The maximum atomic E-state index is 12.9. The molecule has 1 atom stereocenters. The monoisotopic (exact) mass is 486 g/mol. The van der Waals surface area contributed by atoms with E-state index in [0.29, 0.717) is 16.5 Å². The number of rotatable bonds is 5. The van der Waals surface area contributed by atoms with Gasteiger partial charge in [0, 0.05) is 19.9 Å². The van der Waals surface area contributed by atoms with E-state index in [1.165, 1.54) is 0 Å². The van der Waals surface area contributed by atoms with Crippen LogP contribution in [0.1, 0.15) is 23.1 Å². The van der Waals surface area contributed by atoms with Gasteiger partial charge in [-0.1, -0.05) is 75.5 Å². The van der Waals surface area contributed by atoms with E-state index in [-0.39, 0.29) is 11.8 Å². The molecule has 3 aromatic carbocycles. The number of nitrogens with one attached hydrogen (secondary N) is 1. The molecule has 0 aliphatic heterocycles. The van der Waals surface area contributed by atoms with Crippen LogP contribution in [-0.4, -0.2) is 12.1 Å². The maximum Gasteiger partial charge on any atom is 0.244 e. The normalized spacial score (nSPS) is 17.3. The molecule has 0 saturated heterocycles. The summed E-state index contributed by atoms with van der Waals surface area (Å²) in [7, 11) is 0. The topological polar surface area (TPSA) is 41.5 Å². The summed E-state index contributed by atoms with van der Waals surface area (Å²) in [5, 5.41) is 5.47. The highest BCUT2D eigenvalue weighted by molar-refractivity contribution is 9.10. The lowest BCUT2D eigenvalue weighted by Gasteiger charge is -2.19. The van der Waals surface area contributed by atoms with Gasteiger partial charge in [-0.3, -0.25) is 4.79 Å². The van der Waals surface area contributed by atoms with Gasteiger partial charge in [-0.2, -0.15) is 5.10 Å². The van der Waals surface area contributed by atoms with E-state index in [1.54, 1.807) is 6.21 Å². The molecule has 6 heteroatoms. The van der Waals surface area contributed by atoms with Gasteiger partial charge >= 0.3 is 0 Å². The number of hydrogen-bond donors (Lipinski definition) is 1. The number of carbonyl (C=O) groups is 1. The fraction of sp³-hybridized carbons (Fsp3) is 0.130. The van der Waals surface area contributed by atoms with E-state index in [9.17, 15) is 4.79 Å². The van der Waals surface area contributed by atoms with Crippen LogP contribution in [0.4, 0.5) is 0 Å². The molecule has 3 nitrogen and oxygen atoms in total. The van der Waals surface area contributed by atoms with E-state index in [4.69, 9.17) is 23.2 Å². The van der Waals surface area contributed by atoms with Crippen molar-refractivity contribution in [3.05, 3.63) is 104 Å². The molecule has 1 aliphatic rings. The number of hydrazone groups is 1. The summed E-state index contributed by atoms with van der Waals surface area (Å²) >= 11 is 15.6. The summed E-state index contributed by atoms with van der Waals surface area (Å²) in [6, 6.07) is 23.0. The smallest absolute Gasteiger partial charge is 0.244 e. The summed E-state index contributed by atoms with van der Waals surface area (Å²) in [6.07, 6.45) is 2.34. The Labute approximate surface area is 187 Å². The Bertz CT molecular complexity index is 1020. The molecular formula is C23H17BrCl2N2O. The third-order valence-electron chi connectivity index (χ3n) is 5.23. The minimum Gasteiger partial charge on any atom is -0.273 e. The highest BCUT2D eigenvalue weighted by Crippen LogP contribution is 2.59. The average molecular weight is 488 g/mol. The zero-order chi connectivity index (χ0) is 20.4. The van der Waals surface area contributed by atoms with Crippen LogP contribution < -0.4 is 5.43 Å². The Morgan fingerprint density at radius 1 is 1.00 bits per heavy atom. The summed E-state index contributed by atoms with van der Waals surface area (Å²) in [6.45, 7) is 0. The quantitative estimate of drug-likeness (QED) is 0.337. The first-order valence-electron chi connectivity index (χ1n) is 9.09. The number of carbonyl (C=O) groups excluding carboxylic acids is 1. The van der Waals surface area contributed by atoms with E-state index >= 15 is 0 Å². The van der Waals surface area contributed by atoms with Gasteiger partial charge in [-0.25, -0.2) is 5.43 Å². The van der Waals surface area contributed by atoms with Crippen LogP contribution in [-0.2, 0) is 10.2 Å². The zero-order valence-electron chi connectivity index (χ0n) is 15.3. The van der Waals surface area contributed by atoms with Gasteiger partial charge in [0.05, 0.1) is 12.1 Å². The van der Waals surface area contributed by atoms with Crippen LogP contribution in [0, 0.1) is 5.92 Å². The molecule has 0 spiro atoms. The molecule has 0 radical (unpaired) electrons. The highest BCUT2D eigenvalue weighted by Gasteiger charge is 2.60. The fourth-order valence-electron chi connectivity index (χ4n) is 3.71. The SMILES string of the molecule is O=C(NN=Cc1cccc(Br)c1)C1CC1(c1ccc(Cl)cc1)c1ccc(Cl)cc1. The van der Waals surface area contributed by atoms with E-state index < -0.39 is 5.41 Å². The van der Waals surface area contributed by atoms with E-state index in [1.807, 2.05) is 72.8 Å². The highest BCUT2D eigenvalue weighted by atomic mass is 79.9. The van der Waals surface area contributed by atoms with Crippen molar-refractivity contribution in [3.8, 4) is 0 Å². The number of hydrogen-bond acceptors (Lipinski definition) is 2. The predicted molar refractivity (Wildman–Crippen MR) is 122 cm³/mol. The molecule has 0 aromatic heterocycles. The van der Waals surface area contributed by atoms with Gasteiger partial charge in [0.2, 0.25) is 5.91 Å². The first kappa shape index (κ1) is 20.1. The van der Waals surface area contributed by atoms with Gasteiger partial charge in [-0.05, 0) is 59.5 Å². The lowest BCUT2D eigenvalue weighted by atomic mass is 9.85. The third-order valence-corrected chi connectivity index (χ3v) is 6.23. The Morgan fingerprint density at radius 2 is 1.59 bits per heavy atom. The average Bonchev–Trinajstić information content (AvgIpc) is 3.46. The molecule has 3 aromatic rings. The van der Waals surface area contributed by atoms with Crippen LogP contribution in [0.5, 0.6) is 0 Å². The largest absolute Gasteiger partial charge is 0.273 e. The van der Waals surface area contributed by atoms with Crippen molar-refractivity contribution >= 4 is 51.3 Å². The van der Waals surface area contributed by atoms with Crippen molar-refractivity contribution in [1.82, 2.24) is 5.43 Å². The molecule has 1 unspecified atom stereocenters. The van der Waals surface area contributed by atoms with Crippen molar-refractivity contribution in [3.63, 3.8) is 0 Å². The Balaban J connectivity index is 1.57. The summed E-state index contributed by atoms with van der Waals surface area (Å²) < 4.78 is 0.958. The van der Waals surface area contributed by atoms with Crippen molar-refractivity contribution < 1.29 is 4.79 Å². The van der Waals surface area contributed by atoms with Crippen LogP contribution >= 0.6 is 39.1 Å². The molecule has 1 N–H and O–H groups in total. The van der Waals surface area contributed by atoms with Crippen LogP contribution in [0.3, 0.4) is 0 Å². The van der Waals surface area contributed by atoms with Crippen molar-refractivity contribution in [2.75, 3.05) is 0 Å².